The maximum absolute atomic E-state index is 12.6. The number of hydrogen-bond acceptors (Lipinski definition) is 4. The molecule has 0 bridgehead atoms. The second-order valence-electron chi connectivity index (χ2n) is 6.61. The Bertz CT molecular complexity index is 998. The van der Waals surface area contributed by atoms with Crippen LogP contribution in [0.5, 0.6) is 0 Å². The molecule has 2 amide bonds. The smallest absolute Gasteiger partial charge is 0.255 e. The zero-order valence-electron chi connectivity index (χ0n) is 14.8. The Morgan fingerprint density at radius 1 is 1.15 bits per heavy atom. The number of hydrogen-bond donors (Lipinski definition) is 1. The molecule has 0 unspecified atom stereocenters. The van der Waals surface area contributed by atoms with E-state index in [2.05, 4.69) is 5.32 Å². The normalized spacial score (nSPS) is 18.8. The van der Waals surface area contributed by atoms with Gasteiger partial charge in [-0.15, -0.1) is 0 Å². The van der Waals surface area contributed by atoms with E-state index < -0.39 is 21.8 Å². The average Bonchev–Trinajstić information content (AvgIpc) is 2.78. The van der Waals surface area contributed by atoms with Gasteiger partial charge in [0, 0.05) is 11.3 Å². The van der Waals surface area contributed by atoms with Gasteiger partial charge in [0.25, 0.3) is 5.91 Å². The van der Waals surface area contributed by atoms with Crippen LogP contribution in [0.2, 0.25) is 0 Å². The highest BCUT2D eigenvalue weighted by atomic mass is 32.2. The number of carbonyl (C=O) groups is 2. The number of nitrogens with one attached hydrogen (secondary N) is 1. The van der Waals surface area contributed by atoms with Crippen LogP contribution in [0.25, 0.3) is 0 Å². The second kappa shape index (κ2) is 6.57. The summed E-state index contributed by atoms with van der Waals surface area (Å²) in [6.45, 7) is 5.40. The maximum Gasteiger partial charge on any atom is 0.255 e. The number of aryl methyl sites for hydroxylation is 2. The Morgan fingerprint density at radius 2 is 1.88 bits per heavy atom. The first-order valence-corrected chi connectivity index (χ1v) is 9.85. The van der Waals surface area contributed by atoms with Crippen LogP contribution >= 0.6 is 0 Å². The lowest BCUT2D eigenvalue weighted by Crippen LogP contribution is -2.30. The van der Waals surface area contributed by atoms with E-state index in [1.807, 2.05) is 32.0 Å². The third-order valence-electron chi connectivity index (χ3n) is 4.34. The van der Waals surface area contributed by atoms with Gasteiger partial charge in [-0.1, -0.05) is 25.1 Å². The van der Waals surface area contributed by atoms with Crippen LogP contribution in [0.4, 0.5) is 11.4 Å². The highest BCUT2D eigenvalue weighted by molar-refractivity contribution is 7.94. The largest absolute Gasteiger partial charge is 0.322 e. The summed E-state index contributed by atoms with van der Waals surface area (Å²) in [6, 6.07) is 11.8. The Morgan fingerprint density at radius 3 is 2.54 bits per heavy atom. The molecule has 1 fully saturated rings. The van der Waals surface area contributed by atoms with Crippen molar-refractivity contribution in [2.24, 2.45) is 5.92 Å². The fourth-order valence-corrected chi connectivity index (χ4v) is 4.74. The lowest BCUT2D eigenvalue weighted by Gasteiger charge is -2.16. The molecule has 1 aliphatic rings. The topological polar surface area (TPSA) is 83.6 Å². The van der Waals surface area contributed by atoms with Gasteiger partial charge in [0.15, 0.2) is 0 Å². The lowest BCUT2D eigenvalue weighted by molar-refractivity contribution is -0.119. The molecule has 0 radical (unpaired) electrons. The van der Waals surface area contributed by atoms with Gasteiger partial charge in [-0.3, -0.25) is 9.59 Å². The number of amides is 2. The predicted octanol–water partition coefficient (Wildman–Crippen LogP) is 2.87. The number of carbonyl (C=O) groups excluding carboxylic acids is 2. The third kappa shape index (κ3) is 3.35. The molecule has 0 spiro atoms. The van der Waals surface area contributed by atoms with Crippen molar-refractivity contribution in [3.63, 3.8) is 0 Å². The quantitative estimate of drug-likeness (QED) is 0.898. The van der Waals surface area contributed by atoms with Crippen LogP contribution in [0, 0.1) is 19.8 Å². The van der Waals surface area contributed by atoms with E-state index in [0.717, 1.165) is 15.4 Å². The van der Waals surface area contributed by atoms with Crippen molar-refractivity contribution in [3.8, 4) is 0 Å². The number of sulfonamides is 1. The zero-order chi connectivity index (χ0) is 19.1. The fraction of sp³-hybridized carbons (Fsp3) is 0.263. The van der Waals surface area contributed by atoms with Gasteiger partial charge in [0.1, 0.15) is 0 Å². The van der Waals surface area contributed by atoms with Crippen LogP contribution in [0.15, 0.2) is 42.5 Å². The molecule has 0 saturated carbocycles. The van der Waals surface area contributed by atoms with Crippen molar-refractivity contribution in [2.75, 3.05) is 15.4 Å². The number of nitrogens with zero attached hydrogens (tertiary/aromatic N) is 1. The van der Waals surface area contributed by atoms with Gasteiger partial charge in [0.2, 0.25) is 15.9 Å². The Labute approximate surface area is 152 Å². The summed E-state index contributed by atoms with van der Waals surface area (Å²) in [7, 11) is -3.70. The molecule has 7 heteroatoms. The molecule has 1 N–H and O–H groups in total. The molecule has 26 heavy (non-hydrogen) atoms. The van der Waals surface area contributed by atoms with Gasteiger partial charge in [-0.05, 0) is 49.2 Å². The number of rotatable bonds is 3. The molecular weight excluding hydrogens is 352 g/mol. The Hall–Kier alpha value is -2.67. The van der Waals surface area contributed by atoms with Crippen molar-refractivity contribution in [3.05, 3.63) is 59.2 Å². The molecule has 0 aliphatic carbocycles. The molecule has 2 aromatic carbocycles. The Balaban J connectivity index is 1.91. The summed E-state index contributed by atoms with van der Waals surface area (Å²) in [6.07, 6.45) is 0. The van der Waals surface area contributed by atoms with Gasteiger partial charge < -0.3 is 5.32 Å². The molecule has 1 aliphatic heterocycles. The molecule has 1 heterocycles. The predicted molar refractivity (Wildman–Crippen MR) is 101 cm³/mol. The van der Waals surface area contributed by atoms with Crippen molar-refractivity contribution >= 4 is 33.2 Å². The zero-order valence-corrected chi connectivity index (χ0v) is 15.6. The van der Waals surface area contributed by atoms with E-state index in [9.17, 15) is 18.0 Å². The first-order chi connectivity index (χ1) is 12.2. The molecule has 1 atom stereocenters. The minimum absolute atomic E-state index is 0.188. The van der Waals surface area contributed by atoms with Gasteiger partial charge >= 0.3 is 0 Å². The minimum atomic E-state index is -3.70. The van der Waals surface area contributed by atoms with Crippen LogP contribution in [0.3, 0.4) is 0 Å². The van der Waals surface area contributed by atoms with Crippen LogP contribution in [-0.2, 0) is 14.8 Å². The van der Waals surface area contributed by atoms with Crippen molar-refractivity contribution in [2.45, 2.75) is 20.8 Å². The second-order valence-corrected chi connectivity index (χ2v) is 8.47. The molecule has 136 valence electrons. The summed E-state index contributed by atoms with van der Waals surface area (Å²) in [5, 5.41) is 2.83. The number of anilines is 2. The summed E-state index contributed by atoms with van der Waals surface area (Å²) in [4.78, 5) is 24.8. The lowest BCUT2D eigenvalue weighted by atomic mass is 10.1. The monoisotopic (exact) mass is 372 g/mol. The standard InChI is InChI=1S/C19H20N2O4S/c1-12-7-8-13(2)17(9-12)20-18(22)15-5-4-6-16(10-15)21-19(23)14(3)11-26(21,24)25/h4-10,14H,11H2,1-3H3,(H,20,22)/t14-/m0/s1. The van der Waals surface area contributed by atoms with E-state index >= 15 is 0 Å². The summed E-state index contributed by atoms with van der Waals surface area (Å²) >= 11 is 0. The van der Waals surface area contributed by atoms with Gasteiger partial charge in [-0.2, -0.15) is 0 Å². The molecule has 1 saturated heterocycles. The van der Waals surface area contributed by atoms with E-state index in [1.165, 1.54) is 12.1 Å². The summed E-state index contributed by atoms with van der Waals surface area (Å²) in [5.74, 6) is -1.65. The fourth-order valence-electron chi connectivity index (χ4n) is 2.93. The average molecular weight is 372 g/mol. The van der Waals surface area contributed by atoms with Crippen LogP contribution in [-0.4, -0.2) is 26.0 Å². The molecule has 3 rings (SSSR count). The van der Waals surface area contributed by atoms with Crippen molar-refractivity contribution in [1.82, 2.24) is 0 Å². The molecular formula is C19H20N2O4S. The SMILES string of the molecule is Cc1ccc(C)c(NC(=O)c2cccc(N3C(=O)[C@@H](C)CS3(=O)=O)c2)c1. The van der Waals surface area contributed by atoms with E-state index in [-0.39, 0.29) is 22.9 Å². The van der Waals surface area contributed by atoms with Gasteiger partial charge in [-0.25, -0.2) is 12.7 Å². The third-order valence-corrected chi connectivity index (χ3v) is 6.21. The molecule has 6 nitrogen and oxygen atoms in total. The van der Waals surface area contributed by atoms with Crippen LogP contribution in [0.1, 0.15) is 28.4 Å². The van der Waals surface area contributed by atoms with Crippen molar-refractivity contribution in [1.29, 1.82) is 0 Å². The summed E-state index contributed by atoms with van der Waals surface area (Å²) < 4.78 is 25.3. The summed E-state index contributed by atoms with van der Waals surface area (Å²) in [5.41, 5.74) is 3.10. The van der Waals surface area contributed by atoms with Crippen molar-refractivity contribution < 1.29 is 18.0 Å². The van der Waals surface area contributed by atoms with E-state index in [0.29, 0.717) is 5.69 Å². The number of benzene rings is 2. The molecule has 2 aromatic rings. The van der Waals surface area contributed by atoms with E-state index in [1.54, 1.807) is 19.1 Å². The Kier molecular flexibility index (Phi) is 4.58. The minimum Gasteiger partial charge on any atom is -0.322 e. The molecule has 0 aromatic heterocycles. The van der Waals surface area contributed by atoms with Crippen LogP contribution < -0.4 is 9.62 Å². The first-order valence-electron chi connectivity index (χ1n) is 8.24. The maximum atomic E-state index is 12.6. The van der Waals surface area contributed by atoms with E-state index in [4.69, 9.17) is 0 Å². The highest BCUT2D eigenvalue weighted by Crippen LogP contribution is 2.29. The highest BCUT2D eigenvalue weighted by Gasteiger charge is 2.42. The first kappa shape index (κ1) is 18.1. The van der Waals surface area contributed by atoms with Gasteiger partial charge in [0.05, 0.1) is 17.4 Å².